The first-order valence-corrected chi connectivity index (χ1v) is 26.6. The number of allylic oxidation sites excluding steroid dienone is 4. The van der Waals surface area contributed by atoms with Crippen LogP contribution in [0.2, 0.25) is 0 Å². The summed E-state index contributed by atoms with van der Waals surface area (Å²) in [5, 5.41) is 0. The average Bonchev–Trinajstić information content (AvgIpc) is 3.22. The average molecular weight is 836 g/mol. The summed E-state index contributed by atoms with van der Waals surface area (Å²) in [6, 6.07) is 0. The van der Waals surface area contributed by atoms with Crippen molar-refractivity contribution in [1.29, 1.82) is 0 Å². The van der Waals surface area contributed by atoms with Gasteiger partial charge in [-0.05, 0) is 104 Å². The lowest BCUT2D eigenvalue weighted by Crippen LogP contribution is -2.28. The molecule has 0 unspecified atom stereocenters. The topological polar surface area (TPSA) is 32.8 Å². The number of rotatable bonds is 49. The standard InChI is InChI=1S/C53H103ClN2O2/c1-4-6-8-10-12-14-16-17-18-19-20-21-23-30-36-42-49-56(51-46-54)50-43-37-31-24-25-32-38-44-52-58-53(57)45-39-33-27-26-29-35-41-48-55(3)47-40-34-28-22-15-13-11-9-7-5-2/h12,14,17-18H,4-11,13,15-16,19-52H2,1-3H3/b14-12-,18-17-. The van der Waals surface area contributed by atoms with Crippen molar-refractivity contribution in [2.45, 2.75) is 258 Å². The zero-order valence-corrected chi connectivity index (χ0v) is 40.5. The molecule has 0 aliphatic rings. The van der Waals surface area contributed by atoms with Gasteiger partial charge in [0.1, 0.15) is 0 Å². The van der Waals surface area contributed by atoms with E-state index in [2.05, 4.69) is 55.0 Å². The molecule has 0 aromatic heterocycles. The predicted molar refractivity (Wildman–Crippen MR) is 261 cm³/mol. The van der Waals surface area contributed by atoms with Crippen LogP contribution < -0.4 is 0 Å². The van der Waals surface area contributed by atoms with Crippen LogP contribution in [0.3, 0.4) is 0 Å². The fraction of sp³-hybridized carbons (Fsp3) is 0.906. The molecule has 4 nitrogen and oxygen atoms in total. The maximum Gasteiger partial charge on any atom is 0.305 e. The number of hydrogen-bond donors (Lipinski definition) is 0. The molecule has 0 spiro atoms. The lowest BCUT2D eigenvalue weighted by Gasteiger charge is -2.21. The van der Waals surface area contributed by atoms with Crippen molar-refractivity contribution in [3.05, 3.63) is 24.3 Å². The number of halogens is 1. The van der Waals surface area contributed by atoms with Crippen LogP contribution in [0.4, 0.5) is 0 Å². The molecule has 0 aromatic rings. The van der Waals surface area contributed by atoms with Gasteiger partial charge in [0.2, 0.25) is 0 Å². The molecule has 0 N–H and O–H groups in total. The highest BCUT2D eigenvalue weighted by atomic mass is 35.5. The second kappa shape index (κ2) is 50.5. The van der Waals surface area contributed by atoms with Gasteiger partial charge in [-0.25, -0.2) is 0 Å². The highest BCUT2D eigenvalue weighted by molar-refractivity contribution is 6.18. The Bertz CT molecular complexity index is 848. The number of alkyl halides is 1. The molecule has 344 valence electrons. The third-order valence-electron chi connectivity index (χ3n) is 12.0. The molecule has 0 atom stereocenters. The number of carbonyl (C=O) groups is 1. The van der Waals surface area contributed by atoms with Crippen molar-refractivity contribution in [2.75, 3.05) is 52.3 Å². The number of ether oxygens (including phenoxy) is 1. The van der Waals surface area contributed by atoms with Crippen LogP contribution >= 0.6 is 11.6 Å². The summed E-state index contributed by atoms with van der Waals surface area (Å²) in [5.74, 6) is 0.759. The van der Waals surface area contributed by atoms with E-state index in [9.17, 15) is 4.79 Å². The molecule has 0 saturated heterocycles. The van der Waals surface area contributed by atoms with Crippen molar-refractivity contribution >= 4 is 17.6 Å². The maximum atomic E-state index is 12.1. The van der Waals surface area contributed by atoms with E-state index in [0.29, 0.717) is 13.0 Å². The van der Waals surface area contributed by atoms with E-state index in [-0.39, 0.29) is 5.97 Å². The minimum Gasteiger partial charge on any atom is -0.466 e. The number of carbonyl (C=O) groups excluding carboxylic acids is 1. The molecule has 0 saturated carbocycles. The first-order valence-electron chi connectivity index (χ1n) is 26.1. The van der Waals surface area contributed by atoms with Crippen LogP contribution in [0.1, 0.15) is 258 Å². The summed E-state index contributed by atoms with van der Waals surface area (Å²) < 4.78 is 5.52. The van der Waals surface area contributed by atoms with E-state index >= 15 is 0 Å². The third-order valence-corrected chi connectivity index (χ3v) is 12.2. The molecular formula is C53H103ClN2O2. The summed E-state index contributed by atoms with van der Waals surface area (Å²) in [6.07, 6.45) is 58.7. The molecule has 0 aliphatic carbocycles. The Morgan fingerprint density at radius 3 is 1.26 bits per heavy atom. The van der Waals surface area contributed by atoms with E-state index in [1.807, 2.05) is 0 Å². The maximum absolute atomic E-state index is 12.1. The molecular weight excluding hydrogens is 732 g/mol. The lowest BCUT2D eigenvalue weighted by molar-refractivity contribution is -0.143. The second-order valence-corrected chi connectivity index (χ2v) is 18.3. The normalized spacial score (nSPS) is 12.0. The largest absolute Gasteiger partial charge is 0.466 e. The predicted octanol–water partition coefficient (Wildman–Crippen LogP) is 17.0. The zero-order chi connectivity index (χ0) is 42.1. The van der Waals surface area contributed by atoms with Crippen molar-refractivity contribution < 1.29 is 9.53 Å². The molecule has 58 heavy (non-hydrogen) atoms. The first kappa shape index (κ1) is 57.2. The van der Waals surface area contributed by atoms with Crippen LogP contribution in [-0.4, -0.2) is 68.0 Å². The summed E-state index contributed by atoms with van der Waals surface area (Å²) in [6.45, 7) is 11.1. The molecule has 0 aliphatic heterocycles. The summed E-state index contributed by atoms with van der Waals surface area (Å²) in [7, 11) is 2.30. The van der Waals surface area contributed by atoms with Crippen LogP contribution in [0.15, 0.2) is 24.3 Å². The molecule has 0 fully saturated rings. The van der Waals surface area contributed by atoms with Crippen molar-refractivity contribution in [1.82, 2.24) is 9.80 Å². The van der Waals surface area contributed by atoms with E-state index in [4.69, 9.17) is 16.3 Å². The minimum absolute atomic E-state index is 0.0136. The lowest BCUT2D eigenvalue weighted by atomic mass is 10.1. The van der Waals surface area contributed by atoms with Gasteiger partial charge in [-0.1, -0.05) is 205 Å². The van der Waals surface area contributed by atoms with Crippen LogP contribution in [0.5, 0.6) is 0 Å². The van der Waals surface area contributed by atoms with Gasteiger partial charge < -0.3 is 14.5 Å². The van der Waals surface area contributed by atoms with Crippen LogP contribution in [0, 0.1) is 0 Å². The van der Waals surface area contributed by atoms with Gasteiger partial charge in [-0.2, -0.15) is 0 Å². The fourth-order valence-corrected chi connectivity index (χ4v) is 8.29. The summed E-state index contributed by atoms with van der Waals surface area (Å²) in [5.41, 5.74) is 0. The van der Waals surface area contributed by atoms with Gasteiger partial charge in [0, 0.05) is 18.8 Å². The Balaban J connectivity index is 3.45. The van der Waals surface area contributed by atoms with Crippen LogP contribution in [0.25, 0.3) is 0 Å². The quantitative estimate of drug-likeness (QED) is 0.0265. The van der Waals surface area contributed by atoms with E-state index in [1.54, 1.807) is 0 Å². The van der Waals surface area contributed by atoms with Crippen molar-refractivity contribution in [3.8, 4) is 0 Å². The number of unbranched alkanes of at least 4 members (excludes halogenated alkanes) is 31. The van der Waals surface area contributed by atoms with E-state index in [1.165, 1.54) is 238 Å². The Hall–Kier alpha value is -0.840. The SMILES string of the molecule is CCCCC/C=C\C/C=C\CCCCCCCCN(CCCl)CCCCCCCCCCOC(=O)CCCCCCCCCN(C)CCCCCCCCCCCC. The molecule has 0 rings (SSSR count). The molecule has 0 radical (unpaired) electrons. The Kier molecular flexibility index (Phi) is 49.8. The molecule has 5 heteroatoms. The van der Waals surface area contributed by atoms with Gasteiger partial charge in [0.25, 0.3) is 0 Å². The highest BCUT2D eigenvalue weighted by Gasteiger charge is 2.06. The highest BCUT2D eigenvalue weighted by Crippen LogP contribution is 2.14. The van der Waals surface area contributed by atoms with E-state index < -0.39 is 0 Å². The Labute approximate surface area is 369 Å². The molecule has 0 bridgehead atoms. The van der Waals surface area contributed by atoms with Crippen LogP contribution in [-0.2, 0) is 9.53 Å². The first-order chi connectivity index (χ1) is 28.6. The zero-order valence-electron chi connectivity index (χ0n) is 39.7. The number of esters is 1. The molecule has 0 amide bonds. The summed E-state index contributed by atoms with van der Waals surface area (Å²) in [4.78, 5) is 17.3. The van der Waals surface area contributed by atoms with Gasteiger partial charge in [-0.15, -0.1) is 11.6 Å². The third kappa shape index (κ3) is 47.8. The molecule has 0 aromatic carbocycles. The Morgan fingerprint density at radius 2 is 0.793 bits per heavy atom. The van der Waals surface area contributed by atoms with Gasteiger partial charge in [-0.3, -0.25) is 4.79 Å². The molecule has 0 heterocycles. The Morgan fingerprint density at radius 1 is 0.431 bits per heavy atom. The smallest absolute Gasteiger partial charge is 0.305 e. The monoisotopic (exact) mass is 835 g/mol. The number of nitrogens with zero attached hydrogens (tertiary/aromatic N) is 2. The van der Waals surface area contributed by atoms with Gasteiger partial charge in [0.05, 0.1) is 6.61 Å². The summed E-state index contributed by atoms with van der Waals surface area (Å²) >= 11 is 6.13. The second-order valence-electron chi connectivity index (χ2n) is 17.9. The van der Waals surface area contributed by atoms with Gasteiger partial charge >= 0.3 is 5.97 Å². The van der Waals surface area contributed by atoms with Crippen molar-refractivity contribution in [3.63, 3.8) is 0 Å². The van der Waals surface area contributed by atoms with Gasteiger partial charge in [0.15, 0.2) is 0 Å². The van der Waals surface area contributed by atoms with E-state index in [0.717, 1.165) is 38.1 Å². The number of hydrogen-bond acceptors (Lipinski definition) is 4. The minimum atomic E-state index is 0.0136. The van der Waals surface area contributed by atoms with Crippen molar-refractivity contribution in [2.24, 2.45) is 0 Å². The fourth-order valence-electron chi connectivity index (χ4n) is 8.05.